The van der Waals surface area contributed by atoms with Gasteiger partial charge in [-0.25, -0.2) is 18.7 Å². The van der Waals surface area contributed by atoms with Gasteiger partial charge in [0.05, 0.1) is 17.0 Å². The number of oxime groups is 1. The highest BCUT2D eigenvalue weighted by molar-refractivity contribution is 5.86. The fraction of sp³-hybridized carbons (Fsp3) is 0.478. The Balaban J connectivity index is 1.25. The van der Waals surface area contributed by atoms with E-state index in [-0.39, 0.29) is 17.4 Å². The van der Waals surface area contributed by atoms with Crippen molar-refractivity contribution in [1.29, 1.82) is 0 Å². The van der Waals surface area contributed by atoms with E-state index in [2.05, 4.69) is 26.9 Å². The van der Waals surface area contributed by atoms with E-state index < -0.39 is 11.6 Å². The smallest absolute Gasteiger partial charge is 0.225 e. The van der Waals surface area contributed by atoms with E-state index in [0.717, 1.165) is 61.7 Å². The molecule has 4 rings (SSSR count). The molecule has 2 aliphatic rings. The maximum atomic E-state index is 14.2. The Morgan fingerprint density at radius 1 is 1.06 bits per heavy atom. The topological polar surface area (TPSA) is 70.9 Å². The lowest BCUT2D eigenvalue weighted by molar-refractivity contribution is 0.0409. The van der Waals surface area contributed by atoms with Crippen LogP contribution in [0.3, 0.4) is 0 Å². The molecule has 0 N–H and O–H groups in total. The van der Waals surface area contributed by atoms with Gasteiger partial charge in [0.2, 0.25) is 5.95 Å². The Kier molecular flexibility index (Phi) is 6.92. The number of nitrogens with zero attached hydrogens (tertiary/aromatic N) is 5. The predicted octanol–water partition coefficient (Wildman–Crippen LogP) is 3.77. The van der Waals surface area contributed by atoms with Gasteiger partial charge in [0.15, 0.2) is 6.29 Å². The molecule has 0 spiro atoms. The van der Waals surface area contributed by atoms with Crippen LogP contribution in [0.2, 0.25) is 0 Å². The van der Waals surface area contributed by atoms with Gasteiger partial charge in [-0.1, -0.05) is 12.1 Å². The third-order valence-electron chi connectivity index (χ3n) is 6.03. The lowest BCUT2D eigenvalue weighted by Gasteiger charge is -2.32. The van der Waals surface area contributed by atoms with Gasteiger partial charge < -0.3 is 14.6 Å². The van der Waals surface area contributed by atoms with Crippen LogP contribution in [0, 0.1) is 11.6 Å². The quantitative estimate of drug-likeness (QED) is 0.500. The second-order valence-electron chi connectivity index (χ2n) is 8.12. The molecule has 3 heterocycles. The molecule has 0 radical (unpaired) electrons. The first-order chi connectivity index (χ1) is 15.6. The SMILES string of the molecule is CCc1cnc(N2CCC(ON=C3CCN(c4cc(F)c(C=O)cc4F)CC3)CC2)nc1. The van der Waals surface area contributed by atoms with E-state index in [0.29, 0.717) is 32.2 Å². The summed E-state index contributed by atoms with van der Waals surface area (Å²) in [7, 11) is 0. The largest absolute Gasteiger partial charge is 0.392 e. The summed E-state index contributed by atoms with van der Waals surface area (Å²) in [5, 5.41) is 4.35. The minimum Gasteiger partial charge on any atom is -0.392 e. The monoisotopic (exact) mass is 443 g/mol. The standard InChI is InChI=1S/C23H27F2N5O2/c1-2-16-13-26-23(27-14-16)30-9-5-19(6-10-30)32-28-18-3-7-29(8-4-18)22-12-20(24)17(15-31)11-21(22)25/h11-15,19H,2-10H2,1H3. The van der Waals surface area contributed by atoms with Gasteiger partial charge in [-0.15, -0.1) is 0 Å². The number of anilines is 2. The van der Waals surface area contributed by atoms with Gasteiger partial charge in [-0.3, -0.25) is 4.79 Å². The Bertz CT molecular complexity index is 965. The molecule has 7 nitrogen and oxygen atoms in total. The molecule has 1 aromatic heterocycles. The van der Waals surface area contributed by atoms with Crippen molar-refractivity contribution in [3.05, 3.63) is 47.3 Å². The normalized spacial score (nSPS) is 17.4. The molecule has 170 valence electrons. The lowest BCUT2D eigenvalue weighted by Crippen LogP contribution is -2.38. The van der Waals surface area contributed by atoms with Crippen LogP contribution in [0.15, 0.2) is 29.7 Å². The molecular weight excluding hydrogens is 416 g/mol. The first kappa shape index (κ1) is 22.1. The van der Waals surface area contributed by atoms with Gasteiger partial charge in [-0.05, 0) is 18.1 Å². The molecule has 0 aliphatic carbocycles. The summed E-state index contributed by atoms with van der Waals surface area (Å²) in [6.45, 7) is 4.74. The Labute approximate surface area is 186 Å². The highest BCUT2D eigenvalue weighted by Crippen LogP contribution is 2.26. The number of benzene rings is 1. The summed E-state index contributed by atoms with van der Waals surface area (Å²) in [6, 6.07) is 2.03. The van der Waals surface area contributed by atoms with Gasteiger partial charge in [0.1, 0.15) is 17.7 Å². The van der Waals surface area contributed by atoms with Crippen LogP contribution in [-0.4, -0.2) is 54.2 Å². The Hall–Kier alpha value is -3.10. The maximum Gasteiger partial charge on any atom is 0.225 e. The summed E-state index contributed by atoms with van der Waals surface area (Å²) in [4.78, 5) is 29.4. The van der Waals surface area contributed by atoms with E-state index in [9.17, 15) is 13.6 Å². The zero-order valence-corrected chi connectivity index (χ0v) is 18.1. The summed E-state index contributed by atoms with van der Waals surface area (Å²) in [6.07, 6.45) is 7.96. The molecule has 0 saturated carbocycles. The van der Waals surface area contributed by atoms with E-state index in [1.54, 1.807) is 4.90 Å². The van der Waals surface area contributed by atoms with E-state index in [4.69, 9.17) is 4.84 Å². The number of carbonyl (C=O) groups excluding carboxylic acids is 1. The first-order valence-corrected chi connectivity index (χ1v) is 11.0. The second kappa shape index (κ2) is 10.0. The van der Waals surface area contributed by atoms with Crippen molar-refractivity contribution in [2.75, 3.05) is 36.0 Å². The van der Waals surface area contributed by atoms with Crippen molar-refractivity contribution in [2.24, 2.45) is 5.16 Å². The summed E-state index contributed by atoms with van der Waals surface area (Å²) in [5.74, 6) is -0.549. The second-order valence-corrected chi connectivity index (χ2v) is 8.12. The van der Waals surface area contributed by atoms with Crippen LogP contribution < -0.4 is 9.80 Å². The summed E-state index contributed by atoms with van der Waals surface area (Å²) < 4.78 is 28.1. The molecule has 32 heavy (non-hydrogen) atoms. The van der Waals surface area contributed by atoms with E-state index >= 15 is 0 Å². The van der Waals surface area contributed by atoms with Crippen molar-refractivity contribution in [3.63, 3.8) is 0 Å². The van der Waals surface area contributed by atoms with Gasteiger partial charge in [0.25, 0.3) is 0 Å². The average molecular weight is 443 g/mol. The van der Waals surface area contributed by atoms with Gasteiger partial charge in [-0.2, -0.15) is 0 Å². The number of halogens is 2. The molecule has 2 aliphatic heterocycles. The van der Waals surface area contributed by atoms with Crippen molar-refractivity contribution in [1.82, 2.24) is 9.97 Å². The number of rotatable bonds is 6. The van der Waals surface area contributed by atoms with Crippen molar-refractivity contribution in [2.45, 2.75) is 45.1 Å². The van der Waals surface area contributed by atoms with Crippen LogP contribution in [-0.2, 0) is 11.3 Å². The predicted molar refractivity (Wildman–Crippen MR) is 118 cm³/mol. The molecule has 2 fully saturated rings. The van der Waals surface area contributed by atoms with Crippen LogP contribution in [0.5, 0.6) is 0 Å². The minimum atomic E-state index is -0.711. The van der Waals surface area contributed by atoms with Crippen molar-refractivity contribution >= 4 is 23.6 Å². The number of hydrogen-bond acceptors (Lipinski definition) is 7. The van der Waals surface area contributed by atoms with Crippen LogP contribution >= 0.6 is 0 Å². The highest BCUT2D eigenvalue weighted by atomic mass is 19.1. The molecular formula is C23H27F2N5O2. The number of aromatic nitrogens is 2. The van der Waals surface area contributed by atoms with Crippen LogP contribution in [0.1, 0.15) is 48.5 Å². The fourth-order valence-electron chi connectivity index (χ4n) is 3.99. The Morgan fingerprint density at radius 3 is 2.38 bits per heavy atom. The third-order valence-corrected chi connectivity index (χ3v) is 6.03. The molecule has 0 atom stereocenters. The lowest BCUT2D eigenvalue weighted by atomic mass is 10.1. The highest BCUT2D eigenvalue weighted by Gasteiger charge is 2.24. The number of carbonyl (C=O) groups is 1. The summed E-state index contributed by atoms with van der Waals surface area (Å²) in [5.41, 5.74) is 1.95. The summed E-state index contributed by atoms with van der Waals surface area (Å²) >= 11 is 0. The van der Waals surface area contributed by atoms with Crippen molar-refractivity contribution in [3.8, 4) is 0 Å². The molecule has 9 heteroatoms. The van der Waals surface area contributed by atoms with E-state index in [1.807, 2.05) is 12.4 Å². The zero-order valence-electron chi connectivity index (χ0n) is 18.1. The molecule has 1 aromatic carbocycles. The average Bonchev–Trinajstić information content (AvgIpc) is 2.84. The van der Waals surface area contributed by atoms with Crippen LogP contribution in [0.25, 0.3) is 0 Å². The van der Waals surface area contributed by atoms with Crippen LogP contribution in [0.4, 0.5) is 20.4 Å². The van der Waals surface area contributed by atoms with E-state index in [1.165, 1.54) is 0 Å². The minimum absolute atomic E-state index is 0.0501. The number of aryl methyl sites for hydroxylation is 1. The van der Waals surface area contributed by atoms with Gasteiger partial charge in [0, 0.05) is 70.3 Å². The third kappa shape index (κ3) is 5.03. The number of aldehydes is 1. The fourth-order valence-corrected chi connectivity index (χ4v) is 3.99. The first-order valence-electron chi connectivity index (χ1n) is 11.0. The Morgan fingerprint density at radius 2 is 1.75 bits per heavy atom. The molecule has 0 bridgehead atoms. The maximum absolute atomic E-state index is 14.2. The molecule has 0 unspecified atom stereocenters. The molecule has 0 amide bonds. The molecule has 2 saturated heterocycles. The van der Waals surface area contributed by atoms with Gasteiger partial charge >= 0.3 is 0 Å². The molecule has 2 aromatic rings. The zero-order chi connectivity index (χ0) is 22.5. The number of piperidine rings is 2. The number of hydrogen-bond donors (Lipinski definition) is 0. The van der Waals surface area contributed by atoms with Crippen molar-refractivity contribution < 1.29 is 18.4 Å².